The van der Waals surface area contributed by atoms with Gasteiger partial charge in [0.1, 0.15) is 11.9 Å². The van der Waals surface area contributed by atoms with E-state index in [0.29, 0.717) is 17.4 Å². The molecule has 1 aromatic heterocycles. The number of hydrogen-bond acceptors (Lipinski definition) is 5. The highest BCUT2D eigenvalue weighted by Crippen LogP contribution is 2.36. The quantitative estimate of drug-likeness (QED) is 0.761. The van der Waals surface area contributed by atoms with Crippen LogP contribution in [0.15, 0.2) is 53.3 Å². The Hall–Kier alpha value is -3.15. The Balaban J connectivity index is 1.87. The van der Waals surface area contributed by atoms with Crippen LogP contribution in [0.5, 0.6) is 5.75 Å². The van der Waals surface area contributed by atoms with Crippen molar-refractivity contribution >= 4 is 5.69 Å². The molecule has 0 bridgehead atoms. The number of rotatable bonds is 4. The highest BCUT2D eigenvalue weighted by molar-refractivity contribution is 5.76. The topological polar surface area (TPSA) is 69.0 Å². The maximum absolute atomic E-state index is 12.7. The fraction of sp³-hybridized carbons (Fsp3) is 0.286. The molecule has 2 aromatic carbocycles. The second-order valence-electron chi connectivity index (χ2n) is 7.10. The molecule has 3 aromatic rings. The summed E-state index contributed by atoms with van der Waals surface area (Å²) in [6, 6.07) is 15.2. The minimum atomic E-state index is -0.327. The Morgan fingerprint density at radius 2 is 1.89 bits per heavy atom. The van der Waals surface area contributed by atoms with Crippen LogP contribution in [0.1, 0.15) is 26.4 Å². The number of fused-ring (bicyclic) bond motifs is 3. The molecule has 6 heteroatoms. The van der Waals surface area contributed by atoms with Crippen molar-refractivity contribution in [2.45, 2.75) is 26.4 Å². The van der Waals surface area contributed by atoms with E-state index in [9.17, 15) is 4.79 Å². The number of hydrogen-bond donors (Lipinski definition) is 1. The molecule has 4 rings (SSSR count). The van der Waals surface area contributed by atoms with Gasteiger partial charge in [0.05, 0.1) is 7.11 Å². The first-order valence-corrected chi connectivity index (χ1v) is 9.08. The molecule has 0 aliphatic carbocycles. The minimum Gasteiger partial charge on any atom is -0.497 e. The maximum atomic E-state index is 12.7. The Kier molecular flexibility index (Phi) is 4.39. The third-order valence-corrected chi connectivity index (χ3v) is 4.68. The summed E-state index contributed by atoms with van der Waals surface area (Å²) in [5.41, 5.74) is 2.62. The predicted octanol–water partition coefficient (Wildman–Crippen LogP) is 3.95. The van der Waals surface area contributed by atoms with E-state index in [1.54, 1.807) is 7.11 Å². The lowest BCUT2D eigenvalue weighted by Gasteiger charge is -2.31. The molecule has 1 unspecified atom stereocenters. The van der Waals surface area contributed by atoms with Crippen molar-refractivity contribution in [1.29, 1.82) is 0 Å². The number of ether oxygens (including phenoxy) is 1. The van der Waals surface area contributed by atoms with E-state index in [1.807, 2.05) is 53.2 Å². The lowest BCUT2D eigenvalue weighted by atomic mass is 10.0. The molecule has 6 nitrogen and oxygen atoms in total. The molecule has 1 N–H and O–H groups in total. The molecular formula is C21H22N4O2. The molecule has 138 valence electrons. The Labute approximate surface area is 157 Å². The van der Waals surface area contributed by atoms with Crippen LogP contribution in [0.4, 0.5) is 5.69 Å². The zero-order chi connectivity index (χ0) is 19.0. The SMILES string of the molecule is COc1ccc(-c2nn3c(nc2=O)-c2ccccc2NC3CC(C)C)cc1. The van der Waals surface area contributed by atoms with Crippen molar-refractivity contribution in [3.63, 3.8) is 0 Å². The van der Waals surface area contributed by atoms with Gasteiger partial charge in [0.2, 0.25) is 0 Å². The molecule has 0 amide bonds. The summed E-state index contributed by atoms with van der Waals surface area (Å²) < 4.78 is 7.05. The van der Waals surface area contributed by atoms with Crippen LogP contribution >= 0.6 is 0 Å². The van der Waals surface area contributed by atoms with Gasteiger partial charge in [-0.05, 0) is 48.7 Å². The summed E-state index contributed by atoms with van der Waals surface area (Å²) in [4.78, 5) is 17.2. The fourth-order valence-corrected chi connectivity index (χ4v) is 3.38. The van der Waals surface area contributed by atoms with Gasteiger partial charge < -0.3 is 10.1 Å². The second kappa shape index (κ2) is 6.87. The van der Waals surface area contributed by atoms with Crippen LogP contribution in [0.2, 0.25) is 0 Å². The van der Waals surface area contributed by atoms with Gasteiger partial charge in [0.25, 0.3) is 5.56 Å². The van der Waals surface area contributed by atoms with Crippen molar-refractivity contribution in [3.8, 4) is 28.4 Å². The van der Waals surface area contributed by atoms with Gasteiger partial charge in [-0.25, -0.2) is 4.68 Å². The van der Waals surface area contributed by atoms with Crippen molar-refractivity contribution in [3.05, 3.63) is 58.9 Å². The molecule has 1 aliphatic heterocycles. The monoisotopic (exact) mass is 362 g/mol. The summed E-state index contributed by atoms with van der Waals surface area (Å²) in [5.74, 6) is 1.81. The van der Waals surface area contributed by atoms with Gasteiger partial charge >= 0.3 is 0 Å². The Bertz CT molecular complexity index is 1030. The van der Waals surface area contributed by atoms with Gasteiger partial charge in [0, 0.05) is 16.8 Å². The number of para-hydroxylation sites is 1. The summed E-state index contributed by atoms with van der Waals surface area (Å²) in [6.07, 6.45) is 0.820. The lowest BCUT2D eigenvalue weighted by molar-refractivity contribution is 0.398. The minimum absolute atomic E-state index is 0.0556. The van der Waals surface area contributed by atoms with Gasteiger partial charge in [-0.1, -0.05) is 26.0 Å². The van der Waals surface area contributed by atoms with E-state index in [2.05, 4.69) is 24.1 Å². The average molecular weight is 362 g/mol. The van der Waals surface area contributed by atoms with Crippen molar-refractivity contribution in [2.24, 2.45) is 5.92 Å². The van der Waals surface area contributed by atoms with Crippen LogP contribution < -0.4 is 15.6 Å². The second-order valence-corrected chi connectivity index (χ2v) is 7.10. The summed E-state index contributed by atoms with van der Waals surface area (Å²) in [6.45, 7) is 4.34. The number of aromatic nitrogens is 3. The first-order chi connectivity index (χ1) is 13.1. The van der Waals surface area contributed by atoms with Gasteiger partial charge in [0.15, 0.2) is 11.5 Å². The predicted molar refractivity (Wildman–Crippen MR) is 106 cm³/mol. The van der Waals surface area contributed by atoms with Crippen LogP contribution in [-0.2, 0) is 0 Å². The van der Waals surface area contributed by atoms with Crippen LogP contribution in [-0.4, -0.2) is 21.9 Å². The first-order valence-electron chi connectivity index (χ1n) is 9.08. The third-order valence-electron chi connectivity index (χ3n) is 4.68. The molecular weight excluding hydrogens is 340 g/mol. The lowest BCUT2D eigenvalue weighted by Crippen LogP contribution is -2.32. The van der Waals surface area contributed by atoms with Crippen molar-refractivity contribution < 1.29 is 4.74 Å². The Morgan fingerprint density at radius 3 is 2.59 bits per heavy atom. The summed E-state index contributed by atoms with van der Waals surface area (Å²) in [5, 5.41) is 8.25. The van der Waals surface area contributed by atoms with Crippen LogP contribution in [0, 0.1) is 5.92 Å². The van der Waals surface area contributed by atoms with Gasteiger partial charge in [-0.15, -0.1) is 0 Å². The zero-order valence-electron chi connectivity index (χ0n) is 15.6. The maximum Gasteiger partial charge on any atom is 0.300 e. The molecule has 2 heterocycles. The number of benzene rings is 2. The number of anilines is 1. The summed E-state index contributed by atoms with van der Waals surface area (Å²) in [7, 11) is 1.61. The fourth-order valence-electron chi connectivity index (χ4n) is 3.38. The van der Waals surface area contributed by atoms with E-state index in [4.69, 9.17) is 9.84 Å². The third kappa shape index (κ3) is 3.18. The van der Waals surface area contributed by atoms with Crippen molar-refractivity contribution in [1.82, 2.24) is 14.8 Å². The molecule has 0 radical (unpaired) electrons. The van der Waals surface area contributed by atoms with E-state index in [1.165, 1.54) is 0 Å². The smallest absolute Gasteiger partial charge is 0.300 e. The van der Waals surface area contributed by atoms with Gasteiger partial charge in [-0.3, -0.25) is 4.79 Å². The van der Waals surface area contributed by atoms with Crippen LogP contribution in [0.25, 0.3) is 22.6 Å². The Morgan fingerprint density at radius 1 is 1.15 bits per heavy atom. The van der Waals surface area contributed by atoms with Crippen molar-refractivity contribution in [2.75, 3.05) is 12.4 Å². The van der Waals surface area contributed by atoms with E-state index in [0.717, 1.165) is 29.0 Å². The molecule has 0 saturated heterocycles. The zero-order valence-corrected chi connectivity index (χ0v) is 15.6. The number of nitrogens with zero attached hydrogens (tertiary/aromatic N) is 3. The average Bonchev–Trinajstić information content (AvgIpc) is 2.67. The molecule has 0 fully saturated rings. The van der Waals surface area contributed by atoms with E-state index < -0.39 is 0 Å². The summed E-state index contributed by atoms with van der Waals surface area (Å²) >= 11 is 0. The molecule has 1 aliphatic rings. The van der Waals surface area contributed by atoms with Gasteiger partial charge in [-0.2, -0.15) is 10.1 Å². The first kappa shape index (κ1) is 17.3. The standard InChI is InChI=1S/C21H22N4O2/c1-13(2)12-18-22-17-7-5-4-6-16(17)20-23-21(26)19(24-25(18)20)14-8-10-15(27-3)11-9-14/h4-11,13,18,22H,12H2,1-3H3. The molecule has 0 saturated carbocycles. The normalized spacial score (nSPS) is 15.0. The molecule has 27 heavy (non-hydrogen) atoms. The number of nitrogens with one attached hydrogen (secondary N) is 1. The van der Waals surface area contributed by atoms with Crippen LogP contribution in [0.3, 0.4) is 0 Å². The molecule has 1 atom stereocenters. The van der Waals surface area contributed by atoms with E-state index in [-0.39, 0.29) is 11.7 Å². The van der Waals surface area contributed by atoms with E-state index >= 15 is 0 Å². The number of methoxy groups -OCH3 is 1. The highest BCUT2D eigenvalue weighted by atomic mass is 16.5. The largest absolute Gasteiger partial charge is 0.497 e. The highest BCUT2D eigenvalue weighted by Gasteiger charge is 2.27. The molecule has 0 spiro atoms.